The molecule has 0 aliphatic rings. The number of nitrogens with two attached hydrogens (primary N) is 1. The average molecular weight is 387 g/mol. The molecule has 8 heteroatoms. The van der Waals surface area contributed by atoms with E-state index in [1.165, 1.54) is 18.2 Å². The fourth-order valence-corrected chi connectivity index (χ4v) is 2.58. The highest BCUT2D eigenvalue weighted by Crippen LogP contribution is 2.36. The quantitative estimate of drug-likeness (QED) is 0.836. The fraction of sp³-hybridized carbons (Fsp3) is 0.133. The second kappa shape index (κ2) is 6.48. The zero-order valence-electron chi connectivity index (χ0n) is 11.4. The van der Waals surface area contributed by atoms with Gasteiger partial charge in [-0.2, -0.15) is 5.26 Å². The SMILES string of the molecule is N#Cc1ccc(Br)c([C@@H](N)c2ccc(OC(F)(F)F)cc2)c1O. The summed E-state index contributed by atoms with van der Waals surface area (Å²) in [5.41, 5.74) is 6.83. The first-order valence-corrected chi connectivity index (χ1v) is 7.05. The van der Waals surface area contributed by atoms with Gasteiger partial charge in [-0.25, -0.2) is 0 Å². The van der Waals surface area contributed by atoms with Gasteiger partial charge < -0.3 is 15.6 Å². The van der Waals surface area contributed by atoms with Gasteiger partial charge in [-0.1, -0.05) is 28.1 Å². The molecule has 4 nitrogen and oxygen atoms in total. The lowest BCUT2D eigenvalue weighted by Gasteiger charge is -2.17. The lowest BCUT2D eigenvalue weighted by Crippen LogP contribution is -2.17. The number of alkyl halides is 3. The van der Waals surface area contributed by atoms with Crippen LogP contribution in [0.2, 0.25) is 0 Å². The fourth-order valence-electron chi connectivity index (χ4n) is 2.01. The first kappa shape index (κ1) is 17.1. The zero-order valence-corrected chi connectivity index (χ0v) is 13.0. The largest absolute Gasteiger partial charge is 0.573 e. The molecule has 3 N–H and O–H groups in total. The number of phenols is 1. The molecule has 0 saturated carbocycles. The summed E-state index contributed by atoms with van der Waals surface area (Å²) in [5, 5.41) is 19.0. The van der Waals surface area contributed by atoms with Gasteiger partial charge in [0.25, 0.3) is 0 Å². The smallest absolute Gasteiger partial charge is 0.506 e. The van der Waals surface area contributed by atoms with Crippen LogP contribution in [0.5, 0.6) is 11.5 Å². The van der Waals surface area contributed by atoms with Gasteiger partial charge >= 0.3 is 6.36 Å². The molecule has 0 unspecified atom stereocenters. The lowest BCUT2D eigenvalue weighted by molar-refractivity contribution is -0.274. The highest BCUT2D eigenvalue weighted by molar-refractivity contribution is 9.10. The number of nitrogens with zero attached hydrogens (tertiary/aromatic N) is 1. The Labute approximate surface area is 138 Å². The van der Waals surface area contributed by atoms with Gasteiger partial charge in [0.15, 0.2) is 0 Å². The standard InChI is InChI=1S/C15H10BrF3N2O2/c16-11-6-3-9(7-20)14(22)12(11)13(21)8-1-4-10(5-2-8)23-15(17,18)19/h1-6,13,22H,21H2/t13-/m0/s1. The van der Waals surface area contributed by atoms with E-state index in [1.54, 1.807) is 6.07 Å². The number of nitriles is 1. The van der Waals surface area contributed by atoms with Crippen molar-refractivity contribution in [3.05, 3.63) is 57.6 Å². The Kier molecular flexibility index (Phi) is 4.82. The lowest BCUT2D eigenvalue weighted by atomic mass is 9.97. The van der Waals surface area contributed by atoms with Gasteiger partial charge in [0, 0.05) is 10.0 Å². The van der Waals surface area contributed by atoms with Gasteiger partial charge in [0.1, 0.15) is 17.6 Å². The second-order valence-electron chi connectivity index (χ2n) is 4.56. The van der Waals surface area contributed by atoms with E-state index in [4.69, 9.17) is 11.0 Å². The first-order chi connectivity index (χ1) is 10.7. The van der Waals surface area contributed by atoms with E-state index >= 15 is 0 Å². The monoisotopic (exact) mass is 386 g/mol. The van der Waals surface area contributed by atoms with Crippen LogP contribution in [0.15, 0.2) is 40.9 Å². The van der Waals surface area contributed by atoms with Gasteiger partial charge in [0.05, 0.1) is 11.6 Å². The summed E-state index contributed by atoms with van der Waals surface area (Å²) >= 11 is 3.24. The van der Waals surface area contributed by atoms with Gasteiger partial charge in [-0.15, -0.1) is 13.2 Å². The first-order valence-electron chi connectivity index (χ1n) is 6.25. The maximum absolute atomic E-state index is 12.1. The molecular formula is C15H10BrF3N2O2. The molecule has 0 bridgehead atoms. The number of aromatic hydroxyl groups is 1. The summed E-state index contributed by atoms with van der Waals surface area (Å²) in [6, 6.07) is 8.96. The van der Waals surface area contributed by atoms with Crippen molar-refractivity contribution in [2.24, 2.45) is 5.73 Å². The molecule has 0 aliphatic heterocycles. The number of ether oxygens (including phenoxy) is 1. The van der Waals surface area contributed by atoms with E-state index in [2.05, 4.69) is 20.7 Å². The minimum Gasteiger partial charge on any atom is -0.506 e. The molecular weight excluding hydrogens is 377 g/mol. The molecule has 23 heavy (non-hydrogen) atoms. The molecule has 2 aromatic carbocycles. The van der Waals surface area contributed by atoms with Gasteiger partial charge in [0.2, 0.25) is 0 Å². The van der Waals surface area contributed by atoms with Crippen LogP contribution in [0.4, 0.5) is 13.2 Å². The molecule has 0 aliphatic carbocycles. The molecule has 2 aromatic rings. The number of rotatable bonds is 3. The average Bonchev–Trinajstić information content (AvgIpc) is 2.46. The van der Waals surface area contributed by atoms with Crippen LogP contribution >= 0.6 is 15.9 Å². The second-order valence-corrected chi connectivity index (χ2v) is 5.42. The van der Waals surface area contributed by atoms with Crippen LogP contribution < -0.4 is 10.5 Å². The van der Waals surface area contributed by atoms with Crippen LogP contribution in [0, 0.1) is 11.3 Å². The van der Waals surface area contributed by atoms with Crippen LogP contribution in [0.25, 0.3) is 0 Å². The van der Waals surface area contributed by atoms with Crippen molar-refractivity contribution in [1.29, 1.82) is 5.26 Å². The van der Waals surface area contributed by atoms with Crippen LogP contribution in [-0.4, -0.2) is 11.5 Å². The molecule has 0 amide bonds. The Morgan fingerprint density at radius 1 is 1.17 bits per heavy atom. The molecule has 0 aromatic heterocycles. The minimum atomic E-state index is -4.77. The molecule has 0 saturated heterocycles. The Morgan fingerprint density at radius 3 is 2.30 bits per heavy atom. The number of phenolic OH excluding ortho intramolecular Hbond substituents is 1. The Hall–Kier alpha value is -2.24. The molecule has 2 rings (SSSR count). The summed E-state index contributed by atoms with van der Waals surface area (Å²) in [6.07, 6.45) is -4.77. The summed E-state index contributed by atoms with van der Waals surface area (Å²) in [5.74, 6) is -0.646. The van der Waals surface area contributed by atoms with E-state index in [1.807, 2.05) is 6.07 Å². The van der Waals surface area contributed by atoms with Crippen LogP contribution in [0.3, 0.4) is 0 Å². The zero-order chi connectivity index (χ0) is 17.2. The van der Waals surface area contributed by atoms with Crippen LogP contribution in [0.1, 0.15) is 22.7 Å². The number of halogens is 4. The maximum atomic E-state index is 12.1. The van der Waals surface area contributed by atoms with Crippen molar-refractivity contribution in [1.82, 2.24) is 0 Å². The summed E-state index contributed by atoms with van der Waals surface area (Å²) in [4.78, 5) is 0. The summed E-state index contributed by atoms with van der Waals surface area (Å²) in [7, 11) is 0. The van der Waals surface area contributed by atoms with Gasteiger partial charge in [-0.3, -0.25) is 0 Å². The van der Waals surface area contributed by atoms with Crippen molar-refractivity contribution >= 4 is 15.9 Å². The third-order valence-electron chi connectivity index (χ3n) is 3.07. The topological polar surface area (TPSA) is 79.3 Å². The maximum Gasteiger partial charge on any atom is 0.573 e. The van der Waals surface area contributed by atoms with Crippen molar-refractivity contribution < 1.29 is 23.0 Å². The van der Waals surface area contributed by atoms with Crippen molar-refractivity contribution in [3.63, 3.8) is 0 Å². The summed E-state index contributed by atoms with van der Waals surface area (Å²) in [6.45, 7) is 0. The van der Waals surface area contributed by atoms with E-state index in [-0.39, 0.29) is 22.6 Å². The Balaban J connectivity index is 2.35. The highest BCUT2D eigenvalue weighted by atomic mass is 79.9. The van der Waals surface area contributed by atoms with E-state index in [0.717, 1.165) is 12.1 Å². The van der Waals surface area contributed by atoms with E-state index in [0.29, 0.717) is 10.0 Å². The van der Waals surface area contributed by atoms with Crippen LogP contribution in [-0.2, 0) is 0 Å². The van der Waals surface area contributed by atoms with E-state index in [9.17, 15) is 18.3 Å². The van der Waals surface area contributed by atoms with Gasteiger partial charge in [-0.05, 0) is 29.8 Å². The normalized spacial score (nSPS) is 12.5. The predicted molar refractivity (Wildman–Crippen MR) is 79.7 cm³/mol. The molecule has 0 spiro atoms. The molecule has 0 radical (unpaired) electrons. The molecule has 0 fully saturated rings. The Bertz CT molecular complexity index is 755. The molecule has 120 valence electrons. The predicted octanol–water partition coefficient (Wildman–Crippen LogP) is 3.97. The molecule has 0 heterocycles. The number of hydrogen-bond acceptors (Lipinski definition) is 4. The van der Waals surface area contributed by atoms with Crippen molar-refractivity contribution in [2.75, 3.05) is 0 Å². The van der Waals surface area contributed by atoms with E-state index < -0.39 is 12.4 Å². The third-order valence-corrected chi connectivity index (χ3v) is 3.76. The highest BCUT2D eigenvalue weighted by Gasteiger charge is 2.31. The molecule has 1 atom stereocenters. The summed E-state index contributed by atoms with van der Waals surface area (Å²) < 4.78 is 40.7. The van der Waals surface area contributed by atoms with Crippen molar-refractivity contribution in [2.45, 2.75) is 12.4 Å². The number of benzene rings is 2. The number of hydrogen-bond donors (Lipinski definition) is 2. The Morgan fingerprint density at radius 2 is 1.78 bits per heavy atom. The van der Waals surface area contributed by atoms with Crippen molar-refractivity contribution in [3.8, 4) is 17.6 Å². The minimum absolute atomic E-state index is 0.0516. The third kappa shape index (κ3) is 3.94.